The van der Waals surface area contributed by atoms with E-state index in [2.05, 4.69) is 24.1 Å². The van der Waals surface area contributed by atoms with Crippen molar-refractivity contribution in [3.63, 3.8) is 0 Å². The summed E-state index contributed by atoms with van der Waals surface area (Å²) < 4.78 is 0. The molecular weight excluding hydrogens is 264 g/mol. The largest absolute Gasteiger partial charge is 0.478 e. The normalized spacial score (nSPS) is 11.7. The van der Waals surface area contributed by atoms with Crippen molar-refractivity contribution in [2.45, 2.75) is 13.8 Å². The van der Waals surface area contributed by atoms with E-state index in [0.29, 0.717) is 17.3 Å². The van der Waals surface area contributed by atoms with Crippen LogP contribution in [0.2, 0.25) is 5.02 Å². The average Bonchev–Trinajstić information content (AvgIpc) is 2.24. The van der Waals surface area contributed by atoms with Crippen molar-refractivity contribution in [1.82, 2.24) is 4.90 Å². The van der Waals surface area contributed by atoms with Crippen LogP contribution < -0.4 is 5.32 Å². The molecule has 1 aromatic carbocycles. The zero-order chi connectivity index (χ0) is 14.6. The van der Waals surface area contributed by atoms with E-state index in [0.717, 1.165) is 6.54 Å². The molecule has 0 saturated heterocycles. The first-order chi connectivity index (χ1) is 8.71. The van der Waals surface area contributed by atoms with Crippen LogP contribution in [0.3, 0.4) is 0 Å². The van der Waals surface area contributed by atoms with Crippen molar-refractivity contribution < 1.29 is 9.90 Å². The molecule has 0 heterocycles. The number of hydrogen-bond donors (Lipinski definition) is 2. The minimum atomic E-state index is -0.954. The molecule has 19 heavy (non-hydrogen) atoms. The van der Waals surface area contributed by atoms with Crippen LogP contribution in [-0.2, 0) is 0 Å². The van der Waals surface area contributed by atoms with Gasteiger partial charge < -0.3 is 15.3 Å². The molecule has 1 rings (SSSR count). The maximum Gasteiger partial charge on any atom is 0.337 e. The molecule has 4 nitrogen and oxygen atoms in total. The van der Waals surface area contributed by atoms with Gasteiger partial charge in [-0.1, -0.05) is 25.4 Å². The maximum atomic E-state index is 11.1. The van der Waals surface area contributed by atoms with Crippen LogP contribution in [-0.4, -0.2) is 43.2 Å². The Balaban J connectivity index is 2.82. The van der Waals surface area contributed by atoms with E-state index in [1.807, 2.05) is 14.1 Å². The molecule has 0 bridgehead atoms. The fourth-order valence-corrected chi connectivity index (χ4v) is 2.27. The minimum absolute atomic E-state index is 0.0294. The maximum absolute atomic E-state index is 11.1. The summed E-state index contributed by atoms with van der Waals surface area (Å²) in [5, 5.41) is 12.9. The summed E-state index contributed by atoms with van der Waals surface area (Å²) >= 11 is 5.91. The van der Waals surface area contributed by atoms with Gasteiger partial charge in [-0.05, 0) is 37.7 Å². The first kappa shape index (κ1) is 15.8. The second kappa shape index (κ2) is 6.26. The van der Waals surface area contributed by atoms with Crippen LogP contribution >= 0.6 is 11.6 Å². The van der Waals surface area contributed by atoms with Crippen molar-refractivity contribution in [2.75, 3.05) is 32.5 Å². The number of nitrogens with one attached hydrogen (secondary N) is 1. The highest BCUT2D eigenvalue weighted by atomic mass is 35.5. The smallest absolute Gasteiger partial charge is 0.337 e. The Morgan fingerprint density at radius 2 is 2.05 bits per heavy atom. The number of halogens is 1. The predicted molar refractivity (Wildman–Crippen MR) is 79.2 cm³/mol. The van der Waals surface area contributed by atoms with Gasteiger partial charge >= 0.3 is 5.97 Å². The van der Waals surface area contributed by atoms with Gasteiger partial charge in [0.1, 0.15) is 0 Å². The van der Waals surface area contributed by atoms with E-state index in [9.17, 15) is 4.79 Å². The Bertz CT molecular complexity index is 459. The number of carbonyl (C=O) groups is 1. The van der Waals surface area contributed by atoms with Gasteiger partial charge in [0.25, 0.3) is 0 Å². The van der Waals surface area contributed by atoms with Gasteiger partial charge in [0.15, 0.2) is 0 Å². The van der Waals surface area contributed by atoms with E-state index in [-0.39, 0.29) is 11.0 Å². The van der Waals surface area contributed by atoms with Crippen LogP contribution in [0.15, 0.2) is 18.2 Å². The first-order valence-electron chi connectivity index (χ1n) is 6.13. The molecule has 0 atom stereocenters. The summed E-state index contributed by atoms with van der Waals surface area (Å²) in [4.78, 5) is 13.3. The first-order valence-corrected chi connectivity index (χ1v) is 6.50. The van der Waals surface area contributed by atoms with Crippen molar-refractivity contribution in [2.24, 2.45) is 5.41 Å². The van der Waals surface area contributed by atoms with Gasteiger partial charge in [-0.2, -0.15) is 0 Å². The highest BCUT2D eigenvalue weighted by Gasteiger charge is 2.20. The lowest BCUT2D eigenvalue weighted by molar-refractivity contribution is 0.0698. The molecule has 0 saturated carbocycles. The number of nitrogens with zero attached hydrogens (tertiary/aromatic N) is 1. The van der Waals surface area contributed by atoms with Crippen LogP contribution in [0, 0.1) is 5.41 Å². The Morgan fingerprint density at radius 1 is 1.42 bits per heavy atom. The topological polar surface area (TPSA) is 52.6 Å². The Kier molecular flexibility index (Phi) is 5.20. The third-order valence-corrected chi connectivity index (χ3v) is 2.95. The van der Waals surface area contributed by atoms with Crippen LogP contribution in [0.1, 0.15) is 24.2 Å². The zero-order valence-corrected chi connectivity index (χ0v) is 12.6. The molecule has 0 aliphatic rings. The van der Waals surface area contributed by atoms with E-state index < -0.39 is 5.97 Å². The van der Waals surface area contributed by atoms with Gasteiger partial charge in [-0.3, -0.25) is 0 Å². The van der Waals surface area contributed by atoms with E-state index in [4.69, 9.17) is 16.7 Å². The SMILES string of the molecule is CN(C)CC(C)(C)CNc1cc(Cl)ccc1C(=O)O. The molecule has 106 valence electrons. The van der Waals surface area contributed by atoms with E-state index >= 15 is 0 Å². The minimum Gasteiger partial charge on any atom is -0.478 e. The van der Waals surface area contributed by atoms with Crippen LogP contribution in [0.5, 0.6) is 0 Å². The highest BCUT2D eigenvalue weighted by molar-refractivity contribution is 6.31. The second-order valence-corrected chi connectivity index (χ2v) is 6.19. The summed E-state index contributed by atoms with van der Waals surface area (Å²) in [5.41, 5.74) is 0.832. The van der Waals surface area contributed by atoms with Crippen molar-refractivity contribution in [1.29, 1.82) is 0 Å². The molecule has 5 heteroatoms. The Labute approximate surface area is 119 Å². The van der Waals surface area contributed by atoms with Crippen LogP contribution in [0.4, 0.5) is 5.69 Å². The molecule has 0 radical (unpaired) electrons. The average molecular weight is 285 g/mol. The summed E-state index contributed by atoms with van der Waals surface area (Å²) in [6.45, 7) is 5.84. The predicted octanol–water partition coefficient (Wildman–Crippen LogP) is 3.04. The van der Waals surface area contributed by atoms with E-state index in [1.54, 1.807) is 12.1 Å². The summed E-state index contributed by atoms with van der Waals surface area (Å²) in [5.74, 6) is -0.954. The lowest BCUT2D eigenvalue weighted by atomic mass is 9.92. The number of carboxylic acid groups (broad SMARTS) is 1. The molecule has 0 aliphatic heterocycles. The molecule has 1 aromatic rings. The third kappa shape index (κ3) is 5.09. The van der Waals surface area contributed by atoms with Gasteiger partial charge in [0.05, 0.1) is 11.3 Å². The number of carboxylic acids is 1. The monoisotopic (exact) mass is 284 g/mol. The number of aromatic carboxylic acids is 1. The van der Waals surface area contributed by atoms with Crippen LogP contribution in [0.25, 0.3) is 0 Å². The number of anilines is 1. The van der Waals surface area contributed by atoms with E-state index in [1.165, 1.54) is 6.07 Å². The summed E-state index contributed by atoms with van der Waals surface area (Å²) in [7, 11) is 4.04. The number of benzene rings is 1. The van der Waals surface area contributed by atoms with Crippen molar-refractivity contribution in [3.05, 3.63) is 28.8 Å². The molecular formula is C14H21ClN2O2. The fourth-order valence-electron chi connectivity index (χ4n) is 2.10. The lowest BCUT2D eigenvalue weighted by Crippen LogP contribution is -2.34. The third-order valence-electron chi connectivity index (χ3n) is 2.71. The zero-order valence-electron chi connectivity index (χ0n) is 11.8. The Morgan fingerprint density at radius 3 is 2.58 bits per heavy atom. The number of hydrogen-bond acceptors (Lipinski definition) is 3. The fraction of sp³-hybridized carbons (Fsp3) is 0.500. The second-order valence-electron chi connectivity index (χ2n) is 5.75. The van der Waals surface area contributed by atoms with Gasteiger partial charge in [0.2, 0.25) is 0 Å². The number of rotatable bonds is 6. The molecule has 0 aromatic heterocycles. The summed E-state index contributed by atoms with van der Waals surface area (Å²) in [6.07, 6.45) is 0. The summed E-state index contributed by atoms with van der Waals surface area (Å²) in [6, 6.07) is 4.75. The highest BCUT2D eigenvalue weighted by Crippen LogP contribution is 2.23. The van der Waals surface area contributed by atoms with Crippen molar-refractivity contribution in [3.8, 4) is 0 Å². The van der Waals surface area contributed by atoms with Gasteiger partial charge in [0, 0.05) is 18.1 Å². The molecule has 0 unspecified atom stereocenters. The molecule has 0 spiro atoms. The standard InChI is InChI=1S/C14H21ClN2O2/c1-14(2,9-17(3)4)8-16-12-7-10(15)5-6-11(12)13(18)19/h5-7,16H,8-9H2,1-4H3,(H,18,19). The molecule has 0 aliphatic carbocycles. The van der Waals surface area contributed by atoms with Gasteiger partial charge in [-0.25, -0.2) is 4.79 Å². The molecule has 0 fully saturated rings. The van der Waals surface area contributed by atoms with Gasteiger partial charge in [-0.15, -0.1) is 0 Å². The quantitative estimate of drug-likeness (QED) is 0.843. The molecule has 2 N–H and O–H groups in total. The van der Waals surface area contributed by atoms with Crippen molar-refractivity contribution >= 4 is 23.3 Å². The lowest BCUT2D eigenvalue weighted by Gasteiger charge is -2.29. The molecule has 0 amide bonds. The Hall–Kier alpha value is -1.26.